The SMILES string of the molecule is CC(C)(C)OC(=O)NCCOCCOCC(=O)CCCOCCOCC(=O)O. The number of ether oxygens (including phenoxy) is 5. The maximum absolute atomic E-state index is 11.6. The van der Waals surface area contributed by atoms with Crippen LogP contribution in [0.25, 0.3) is 0 Å². The Balaban J connectivity index is 3.33. The third-order valence-electron chi connectivity index (χ3n) is 2.89. The maximum atomic E-state index is 11.6. The average molecular weight is 407 g/mol. The number of hydrogen-bond donors (Lipinski definition) is 2. The van der Waals surface area contributed by atoms with Crippen LogP contribution in [0.4, 0.5) is 4.79 Å². The molecule has 0 aromatic rings. The summed E-state index contributed by atoms with van der Waals surface area (Å²) in [7, 11) is 0. The summed E-state index contributed by atoms with van der Waals surface area (Å²) in [5.41, 5.74) is -0.534. The van der Waals surface area contributed by atoms with Crippen LogP contribution in [0, 0.1) is 0 Å². The molecular formula is C18H33NO9. The zero-order chi connectivity index (χ0) is 21.3. The maximum Gasteiger partial charge on any atom is 0.407 e. The van der Waals surface area contributed by atoms with E-state index in [1.165, 1.54) is 0 Å². The summed E-state index contributed by atoms with van der Waals surface area (Å²) >= 11 is 0. The van der Waals surface area contributed by atoms with Crippen LogP contribution < -0.4 is 5.32 Å². The van der Waals surface area contributed by atoms with E-state index in [-0.39, 0.29) is 38.8 Å². The van der Waals surface area contributed by atoms with Crippen molar-refractivity contribution >= 4 is 17.8 Å². The zero-order valence-electron chi connectivity index (χ0n) is 17.0. The first-order chi connectivity index (χ1) is 13.2. The van der Waals surface area contributed by atoms with Crippen LogP contribution in [0.5, 0.6) is 0 Å². The Morgan fingerprint density at radius 1 is 0.821 bits per heavy atom. The second-order valence-corrected chi connectivity index (χ2v) is 6.79. The van der Waals surface area contributed by atoms with E-state index >= 15 is 0 Å². The predicted molar refractivity (Wildman–Crippen MR) is 99.4 cm³/mol. The van der Waals surface area contributed by atoms with Gasteiger partial charge in [0.05, 0.1) is 33.0 Å². The van der Waals surface area contributed by atoms with Crippen molar-refractivity contribution in [3.05, 3.63) is 0 Å². The Bertz CT molecular complexity index is 449. The summed E-state index contributed by atoms with van der Waals surface area (Å²) in [5, 5.41) is 10.9. The molecule has 0 aliphatic carbocycles. The molecule has 0 saturated heterocycles. The summed E-state index contributed by atoms with van der Waals surface area (Å²) in [6.45, 7) is 7.19. The van der Waals surface area contributed by atoms with Gasteiger partial charge in [-0.2, -0.15) is 0 Å². The molecule has 0 unspecified atom stereocenters. The van der Waals surface area contributed by atoms with Crippen molar-refractivity contribution in [3.8, 4) is 0 Å². The van der Waals surface area contributed by atoms with Gasteiger partial charge in [-0.3, -0.25) is 4.79 Å². The number of carbonyl (C=O) groups is 3. The van der Waals surface area contributed by atoms with E-state index in [0.717, 1.165) is 0 Å². The van der Waals surface area contributed by atoms with Crippen LogP contribution in [-0.2, 0) is 33.3 Å². The van der Waals surface area contributed by atoms with E-state index in [9.17, 15) is 14.4 Å². The van der Waals surface area contributed by atoms with Gasteiger partial charge in [-0.25, -0.2) is 9.59 Å². The summed E-state index contributed by atoms with van der Waals surface area (Å²) < 4.78 is 25.6. The van der Waals surface area contributed by atoms with Crippen molar-refractivity contribution in [2.24, 2.45) is 0 Å². The van der Waals surface area contributed by atoms with Crippen LogP contribution in [0.15, 0.2) is 0 Å². The first kappa shape index (κ1) is 26.2. The molecular weight excluding hydrogens is 374 g/mol. The number of amides is 1. The molecule has 0 atom stereocenters. The highest BCUT2D eigenvalue weighted by molar-refractivity contribution is 5.79. The van der Waals surface area contributed by atoms with Crippen molar-refractivity contribution in [1.82, 2.24) is 5.32 Å². The lowest BCUT2D eigenvalue weighted by Gasteiger charge is -2.19. The molecule has 0 aromatic heterocycles. The summed E-state index contributed by atoms with van der Waals surface area (Å²) in [4.78, 5) is 33.2. The van der Waals surface area contributed by atoms with Gasteiger partial charge in [0.15, 0.2) is 5.78 Å². The third-order valence-corrected chi connectivity index (χ3v) is 2.89. The Morgan fingerprint density at radius 3 is 2.00 bits per heavy atom. The van der Waals surface area contributed by atoms with Gasteiger partial charge in [0, 0.05) is 19.6 Å². The van der Waals surface area contributed by atoms with E-state index in [1.54, 1.807) is 20.8 Å². The Kier molecular flexibility index (Phi) is 15.2. The summed E-state index contributed by atoms with van der Waals surface area (Å²) in [6.07, 6.45) is 0.416. The van der Waals surface area contributed by atoms with Crippen LogP contribution in [0.1, 0.15) is 33.6 Å². The van der Waals surface area contributed by atoms with E-state index < -0.39 is 17.7 Å². The number of carboxylic acids is 1. The number of alkyl carbamates (subject to hydrolysis) is 1. The van der Waals surface area contributed by atoms with Gasteiger partial charge in [-0.1, -0.05) is 0 Å². The molecule has 0 radical (unpaired) electrons. The zero-order valence-corrected chi connectivity index (χ0v) is 17.0. The number of carbonyl (C=O) groups excluding carboxylic acids is 2. The topological polar surface area (TPSA) is 130 Å². The number of Topliss-reactive ketones (excluding diaryl/α,β-unsaturated/α-hetero) is 1. The molecule has 10 nitrogen and oxygen atoms in total. The highest BCUT2D eigenvalue weighted by Gasteiger charge is 2.15. The minimum Gasteiger partial charge on any atom is -0.480 e. The fourth-order valence-corrected chi connectivity index (χ4v) is 1.77. The number of nitrogens with one attached hydrogen (secondary N) is 1. The molecule has 0 aliphatic heterocycles. The molecule has 0 fully saturated rings. The highest BCUT2D eigenvalue weighted by atomic mass is 16.6. The lowest BCUT2D eigenvalue weighted by molar-refractivity contribution is -0.142. The van der Waals surface area contributed by atoms with Crippen molar-refractivity contribution in [3.63, 3.8) is 0 Å². The lowest BCUT2D eigenvalue weighted by Crippen LogP contribution is -2.34. The molecule has 0 heterocycles. The van der Waals surface area contributed by atoms with Crippen LogP contribution in [-0.4, -0.2) is 88.0 Å². The van der Waals surface area contributed by atoms with E-state index in [4.69, 9.17) is 28.8 Å². The second kappa shape index (κ2) is 16.2. The van der Waals surface area contributed by atoms with Gasteiger partial charge >= 0.3 is 12.1 Å². The van der Waals surface area contributed by atoms with Gasteiger partial charge in [0.2, 0.25) is 0 Å². The molecule has 2 N–H and O–H groups in total. The molecule has 10 heteroatoms. The van der Waals surface area contributed by atoms with Crippen molar-refractivity contribution in [2.45, 2.75) is 39.2 Å². The quantitative estimate of drug-likeness (QED) is 0.339. The fraction of sp³-hybridized carbons (Fsp3) is 0.833. The molecule has 0 aromatic carbocycles. The number of rotatable bonds is 17. The lowest BCUT2D eigenvalue weighted by atomic mass is 10.2. The summed E-state index contributed by atoms with van der Waals surface area (Å²) in [5.74, 6) is -1.05. The molecule has 0 aliphatic rings. The normalized spacial score (nSPS) is 11.2. The molecule has 0 bridgehead atoms. The summed E-state index contributed by atoms with van der Waals surface area (Å²) in [6, 6.07) is 0. The van der Waals surface area contributed by atoms with Crippen LogP contribution in [0.2, 0.25) is 0 Å². The number of aliphatic carboxylic acids is 1. The van der Waals surface area contributed by atoms with Crippen LogP contribution >= 0.6 is 0 Å². The Labute approximate surface area is 165 Å². The molecule has 28 heavy (non-hydrogen) atoms. The first-order valence-corrected chi connectivity index (χ1v) is 9.22. The monoisotopic (exact) mass is 407 g/mol. The van der Waals surface area contributed by atoms with Crippen molar-refractivity contribution < 1.29 is 43.2 Å². The number of ketones is 1. The smallest absolute Gasteiger partial charge is 0.407 e. The van der Waals surface area contributed by atoms with E-state index in [1.807, 2.05) is 0 Å². The molecule has 1 amide bonds. The number of hydrogen-bond acceptors (Lipinski definition) is 8. The van der Waals surface area contributed by atoms with Gasteiger partial charge in [0.1, 0.15) is 18.8 Å². The van der Waals surface area contributed by atoms with Gasteiger partial charge in [-0.15, -0.1) is 0 Å². The van der Waals surface area contributed by atoms with Crippen molar-refractivity contribution in [2.75, 3.05) is 59.4 Å². The Morgan fingerprint density at radius 2 is 1.39 bits per heavy atom. The van der Waals surface area contributed by atoms with E-state index in [2.05, 4.69) is 5.32 Å². The first-order valence-electron chi connectivity index (χ1n) is 9.22. The van der Waals surface area contributed by atoms with Crippen LogP contribution in [0.3, 0.4) is 0 Å². The molecule has 0 saturated carbocycles. The number of carboxylic acid groups (broad SMARTS) is 1. The highest BCUT2D eigenvalue weighted by Crippen LogP contribution is 2.06. The molecule has 0 rings (SSSR count). The van der Waals surface area contributed by atoms with E-state index in [0.29, 0.717) is 39.2 Å². The van der Waals surface area contributed by atoms with Crippen molar-refractivity contribution in [1.29, 1.82) is 0 Å². The third kappa shape index (κ3) is 20.6. The fourth-order valence-electron chi connectivity index (χ4n) is 1.77. The van der Waals surface area contributed by atoms with Gasteiger partial charge in [-0.05, 0) is 27.2 Å². The predicted octanol–water partition coefficient (Wildman–Crippen LogP) is 1.01. The molecule has 164 valence electrons. The van der Waals surface area contributed by atoms with Gasteiger partial charge in [0.25, 0.3) is 0 Å². The Hall–Kier alpha value is -1.75. The van der Waals surface area contributed by atoms with Gasteiger partial charge < -0.3 is 34.1 Å². The largest absolute Gasteiger partial charge is 0.480 e. The standard InChI is InChI=1S/C18H33NO9/c1-18(2,3)28-17(23)19-6-8-25-10-11-26-13-15(20)5-4-7-24-9-12-27-14-16(21)22/h4-14H2,1-3H3,(H,19,23)(H,21,22). The second-order valence-electron chi connectivity index (χ2n) is 6.79. The average Bonchev–Trinajstić information content (AvgIpc) is 2.57. The minimum atomic E-state index is -1.02. The molecule has 0 spiro atoms. The minimum absolute atomic E-state index is 0.0151.